The number of benzene rings is 1. The lowest BCUT2D eigenvalue weighted by Gasteiger charge is -2.20. The van der Waals surface area contributed by atoms with Crippen molar-refractivity contribution in [2.24, 2.45) is 5.73 Å². The Morgan fingerprint density at radius 1 is 1.60 bits per heavy atom. The van der Waals surface area contributed by atoms with Crippen LogP contribution >= 0.6 is 0 Å². The molecule has 0 aliphatic carbocycles. The Labute approximate surface area is 113 Å². The van der Waals surface area contributed by atoms with E-state index in [4.69, 9.17) is 10.8 Å². The summed E-state index contributed by atoms with van der Waals surface area (Å²) in [6.07, 6.45) is 0.317. The van der Waals surface area contributed by atoms with Gasteiger partial charge in [-0.3, -0.25) is 19.8 Å². The van der Waals surface area contributed by atoms with E-state index in [0.717, 1.165) is 12.1 Å². The lowest BCUT2D eigenvalue weighted by molar-refractivity contribution is -0.387. The van der Waals surface area contributed by atoms with E-state index in [1.54, 1.807) is 4.90 Å². The molecule has 1 aromatic carbocycles. The van der Waals surface area contributed by atoms with Crippen LogP contribution in [0.2, 0.25) is 0 Å². The molecule has 0 amide bonds. The van der Waals surface area contributed by atoms with Crippen LogP contribution in [0.5, 0.6) is 0 Å². The summed E-state index contributed by atoms with van der Waals surface area (Å²) in [6, 6.07) is 3.65. The van der Waals surface area contributed by atoms with Crippen LogP contribution in [0.1, 0.15) is 12.0 Å². The number of carbonyl (C=O) groups is 1. The summed E-state index contributed by atoms with van der Waals surface area (Å²) in [7, 11) is 0. The highest BCUT2D eigenvalue weighted by Crippen LogP contribution is 2.23. The van der Waals surface area contributed by atoms with Crippen LogP contribution < -0.4 is 5.73 Å². The van der Waals surface area contributed by atoms with Gasteiger partial charge in [-0.15, -0.1) is 0 Å². The summed E-state index contributed by atoms with van der Waals surface area (Å²) in [4.78, 5) is 22.5. The minimum absolute atomic E-state index is 0.168. The summed E-state index contributed by atoms with van der Waals surface area (Å²) in [5, 5.41) is 19.5. The van der Waals surface area contributed by atoms with Crippen LogP contribution in [0.25, 0.3) is 0 Å². The number of halogens is 1. The fourth-order valence-corrected chi connectivity index (χ4v) is 2.28. The van der Waals surface area contributed by atoms with Crippen molar-refractivity contribution in [2.75, 3.05) is 13.1 Å². The van der Waals surface area contributed by atoms with Gasteiger partial charge in [-0.25, -0.2) is 0 Å². The van der Waals surface area contributed by atoms with E-state index in [-0.39, 0.29) is 6.54 Å². The molecule has 1 aliphatic heterocycles. The highest BCUT2D eigenvalue weighted by atomic mass is 19.1. The fraction of sp³-hybridized carbons (Fsp3) is 0.417. The molecular formula is C12H14FN3O4. The van der Waals surface area contributed by atoms with Gasteiger partial charge >= 0.3 is 11.7 Å². The number of nitrogens with two attached hydrogens (primary N) is 1. The van der Waals surface area contributed by atoms with E-state index < -0.39 is 27.9 Å². The van der Waals surface area contributed by atoms with Gasteiger partial charge in [0.2, 0.25) is 5.82 Å². The van der Waals surface area contributed by atoms with Gasteiger partial charge in [0, 0.05) is 25.7 Å². The molecule has 0 saturated carbocycles. The number of aliphatic carboxylic acids is 1. The second-order valence-corrected chi connectivity index (χ2v) is 4.96. The zero-order chi connectivity index (χ0) is 14.9. The standard InChI is InChI=1S/C12H14FN3O4/c13-9-5-8(1-2-10(9)16(19)20)6-15-4-3-12(14,7-15)11(17)18/h1-2,5H,3-4,6-7,14H2,(H,17,18). The van der Waals surface area contributed by atoms with Crippen molar-refractivity contribution in [1.82, 2.24) is 4.90 Å². The van der Waals surface area contributed by atoms with Crippen molar-refractivity contribution in [1.29, 1.82) is 0 Å². The molecule has 20 heavy (non-hydrogen) atoms. The van der Waals surface area contributed by atoms with Gasteiger partial charge in [0.25, 0.3) is 0 Å². The molecule has 1 fully saturated rings. The summed E-state index contributed by atoms with van der Waals surface area (Å²) in [5.41, 5.74) is 4.43. The van der Waals surface area contributed by atoms with Gasteiger partial charge in [0.05, 0.1) is 4.92 Å². The molecule has 2 rings (SSSR count). The molecule has 3 N–H and O–H groups in total. The summed E-state index contributed by atoms with van der Waals surface area (Å²) in [5.74, 6) is -1.96. The number of nitro benzene ring substituents is 1. The Balaban J connectivity index is 2.07. The topological polar surface area (TPSA) is 110 Å². The number of nitrogens with zero attached hydrogens (tertiary/aromatic N) is 2. The minimum Gasteiger partial charge on any atom is -0.480 e. The number of nitro groups is 1. The van der Waals surface area contributed by atoms with E-state index >= 15 is 0 Å². The van der Waals surface area contributed by atoms with E-state index in [9.17, 15) is 19.3 Å². The first kappa shape index (κ1) is 14.4. The molecule has 1 unspecified atom stereocenters. The molecule has 108 valence electrons. The molecular weight excluding hydrogens is 269 g/mol. The van der Waals surface area contributed by atoms with Gasteiger partial charge in [0.15, 0.2) is 0 Å². The molecule has 0 spiro atoms. The van der Waals surface area contributed by atoms with Crippen molar-refractivity contribution in [3.05, 3.63) is 39.7 Å². The van der Waals surface area contributed by atoms with Crippen LogP contribution in [-0.2, 0) is 11.3 Å². The Kier molecular flexibility index (Phi) is 3.69. The Morgan fingerprint density at radius 2 is 2.30 bits per heavy atom. The highest BCUT2D eigenvalue weighted by molar-refractivity contribution is 5.79. The van der Waals surface area contributed by atoms with Crippen molar-refractivity contribution in [2.45, 2.75) is 18.5 Å². The molecule has 0 bridgehead atoms. The maximum Gasteiger partial charge on any atom is 0.325 e. The largest absolute Gasteiger partial charge is 0.480 e. The summed E-state index contributed by atoms with van der Waals surface area (Å²) in [6.45, 7) is 0.962. The third kappa shape index (κ3) is 2.75. The second kappa shape index (κ2) is 5.14. The molecule has 1 saturated heterocycles. The lowest BCUT2D eigenvalue weighted by atomic mass is 10.0. The number of rotatable bonds is 4. The maximum atomic E-state index is 13.5. The quantitative estimate of drug-likeness (QED) is 0.622. The fourth-order valence-electron chi connectivity index (χ4n) is 2.28. The number of carboxylic acid groups (broad SMARTS) is 1. The Morgan fingerprint density at radius 3 is 2.80 bits per heavy atom. The van der Waals surface area contributed by atoms with Crippen LogP contribution in [0, 0.1) is 15.9 Å². The zero-order valence-electron chi connectivity index (χ0n) is 10.6. The minimum atomic E-state index is -1.28. The normalized spacial score (nSPS) is 22.9. The van der Waals surface area contributed by atoms with Crippen LogP contribution in [0.4, 0.5) is 10.1 Å². The van der Waals surface area contributed by atoms with E-state index in [2.05, 4.69) is 0 Å². The Bertz CT molecular complexity index is 566. The second-order valence-electron chi connectivity index (χ2n) is 4.96. The van der Waals surface area contributed by atoms with Gasteiger partial charge < -0.3 is 10.8 Å². The Hall–Kier alpha value is -2.06. The zero-order valence-corrected chi connectivity index (χ0v) is 10.6. The van der Waals surface area contributed by atoms with Crippen molar-refractivity contribution in [3.63, 3.8) is 0 Å². The van der Waals surface area contributed by atoms with Crippen LogP contribution in [0.3, 0.4) is 0 Å². The first-order valence-electron chi connectivity index (χ1n) is 5.99. The maximum absolute atomic E-state index is 13.5. The number of likely N-dealkylation sites (tertiary alicyclic amines) is 1. The average Bonchev–Trinajstić information content (AvgIpc) is 2.72. The molecule has 8 heteroatoms. The van der Waals surface area contributed by atoms with E-state index in [1.165, 1.54) is 6.07 Å². The lowest BCUT2D eigenvalue weighted by Crippen LogP contribution is -2.50. The van der Waals surface area contributed by atoms with E-state index in [1.807, 2.05) is 0 Å². The van der Waals surface area contributed by atoms with Crippen molar-refractivity contribution < 1.29 is 19.2 Å². The summed E-state index contributed by atoms with van der Waals surface area (Å²) < 4.78 is 13.5. The molecule has 0 aromatic heterocycles. The first-order chi connectivity index (χ1) is 9.32. The molecule has 0 radical (unpaired) electrons. The highest BCUT2D eigenvalue weighted by Gasteiger charge is 2.41. The van der Waals surface area contributed by atoms with Gasteiger partial charge in [-0.05, 0) is 18.1 Å². The van der Waals surface area contributed by atoms with Crippen LogP contribution in [-0.4, -0.2) is 39.5 Å². The van der Waals surface area contributed by atoms with Gasteiger partial charge in [-0.2, -0.15) is 4.39 Å². The molecule has 7 nitrogen and oxygen atoms in total. The number of hydrogen-bond acceptors (Lipinski definition) is 5. The SMILES string of the molecule is NC1(C(=O)O)CCN(Cc2ccc([N+](=O)[O-])c(F)c2)C1. The smallest absolute Gasteiger partial charge is 0.325 e. The monoisotopic (exact) mass is 283 g/mol. The van der Waals surface area contributed by atoms with Crippen LogP contribution in [0.15, 0.2) is 18.2 Å². The average molecular weight is 283 g/mol. The van der Waals surface area contributed by atoms with Crippen molar-refractivity contribution >= 4 is 11.7 Å². The van der Waals surface area contributed by atoms with Crippen molar-refractivity contribution in [3.8, 4) is 0 Å². The predicted molar refractivity (Wildman–Crippen MR) is 67.5 cm³/mol. The molecule has 1 aromatic rings. The first-order valence-corrected chi connectivity index (χ1v) is 5.99. The third-order valence-corrected chi connectivity index (χ3v) is 3.42. The number of carboxylic acids is 1. The van der Waals surface area contributed by atoms with Gasteiger partial charge in [-0.1, -0.05) is 6.07 Å². The van der Waals surface area contributed by atoms with Gasteiger partial charge in [0.1, 0.15) is 5.54 Å². The van der Waals surface area contributed by atoms with E-state index in [0.29, 0.717) is 25.1 Å². The molecule has 1 heterocycles. The molecule has 1 aliphatic rings. The third-order valence-electron chi connectivity index (χ3n) is 3.42. The summed E-state index contributed by atoms with van der Waals surface area (Å²) >= 11 is 0. The predicted octanol–water partition coefficient (Wildman–Crippen LogP) is 0.722. The molecule has 1 atom stereocenters. The number of hydrogen-bond donors (Lipinski definition) is 2.